The Morgan fingerprint density at radius 3 is 2.50 bits per heavy atom. The number of halogens is 4. The van der Waals surface area contributed by atoms with Crippen LogP contribution in [0.2, 0.25) is 5.02 Å². The van der Waals surface area contributed by atoms with Gasteiger partial charge in [-0.2, -0.15) is 13.2 Å². The molecule has 32 heavy (non-hydrogen) atoms. The Bertz CT molecular complexity index is 1390. The van der Waals surface area contributed by atoms with E-state index in [4.69, 9.17) is 16.3 Å². The average Bonchev–Trinajstić information content (AvgIpc) is 3.07. The predicted molar refractivity (Wildman–Crippen MR) is 117 cm³/mol. The summed E-state index contributed by atoms with van der Waals surface area (Å²) in [6, 6.07) is 10.1. The number of benzene rings is 1. The molecule has 0 saturated heterocycles. The van der Waals surface area contributed by atoms with Gasteiger partial charge in [0.05, 0.1) is 11.8 Å². The van der Waals surface area contributed by atoms with Crippen LogP contribution in [0.4, 0.5) is 13.2 Å². The molecule has 0 aliphatic rings. The van der Waals surface area contributed by atoms with E-state index in [2.05, 4.69) is 9.97 Å². The number of rotatable bonds is 5. The lowest BCUT2D eigenvalue weighted by Crippen LogP contribution is -2.31. The van der Waals surface area contributed by atoms with Crippen molar-refractivity contribution in [3.05, 3.63) is 74.0 Å². The number of aromatic amines is 1. The van der Waals surface area contributed by atoms with E-state index in [0.29, 0.717) is 32.7 Å². The molecular weight excluding hydrogens is 467 g/mol. The molecule has 0 amide bonds. The lowest BCUT2D eigenvalue weighted by atomic mass is 10.1. The van der Waals surface area contributed by atoms with Crippen molar-refractivity contribution in [2.24, 2.45) is 0 Å². The van der Waals surface area contributed by atoms with E-state index < -0.39 is 30.4 Å². The third-order valence-electron chi connectivity index (χ3n) is 4.72. The first-order chi connectivity index (χ1) is 15.1. The number of H-pyrrole nitrogens is 1. The minimum atomic E-state index is -4.43. The van der Waals surface area contributed by atoms with E-state index in [-0.39, 0.29) is 10.2 Å². The SMILES string of the molecule is Cc1c(-c2ccc(Oc3ccc(Cl)cc3)nc2)sc2c1c(=O)[nH]c(=O)n2CCC(F)(F)F. The monoisotopic (exact) mass is 481 g/mol. The number of nitrogens with one attached hydrogen (secondary N) is 1. The van der Waals surface area contributed by atoms with Crippen LogP contribution in [0.15, 0.2) is 52.2 Å². The first kappa shape index (κ1) is 22.1. The maximum atomic E-state index is 12.7. The lowest BCUT2D eigenvalue weighted by molar-refractivity contribution is -0.136. The molecule has 4 aromatic rings. The number of pyridine rings is 1. The van der Waals surface area contributed by atoms with Crippen molar-refractivity contribution >= 4 is 33.2 Å². The van der Waals surface area contributed by atoms with E-state index in [1.54, 1.807) is 43.3 Å². The highest BCUT2D eigenvalue weighted by molar-refractivity contribution is 7.22. The third-order valence-corrected chi connectivity index (χ3v) is 6.34. The van der Waals surface area contributed by atoms with Gasteiger partial charge in [-0.05, 0) is 42.8 Å². The summed E-state index contributed by atoms with van der Waals surface area (Å²) in [5.41, 5.74) is -0.310. The second-order valence-electron chi connectivity index (χ2n) is 6.95. The molecular formula is C21H15ClF3N3O3S. The number of thiophene rings is 1. The number of fused-ring (bicyclic) bond motifs is 1. The predicted octanol–water partition coefficient (Wildman–Crippen LogP) is 5.52. The van der Waals surface area contributed by atoms with Crippen LogP contribution in [-0.4, -0.2) is 20.7 Å². The molecule has 0 saturated carbocycles. The Hall–Kier alpha value is -3.11. The topological polar surface area (TPSA) is 77.0 Å². The molecule has 0 unspecified atom stereocenters. The summed E-state index contributed by atoms with van der Waals surface area (Å²) in [5.74, 6) is 0.877. The van der Waals surface area contributed by atoms with Crippen LogP contribution in [0.5, 0.6) is 11.6 Å². The fourth-order valence-electron chi connectivity index (χ4n) is 3.19. The van der Waals surface area contributed by atoms with Gasteiger partial charge in [0.15, 0.2) is 0 Å². The van der Waals surface area contributed by atoms with Gasteiger partial charge in [-0.3, -0.25) is 14.3 Å². The van der Waals surface area contributed by atoms with Crippen molar-refractivity contribution in [1.29, 1.82) is 0 Å². The van der Waals surface area contributed by atoms with Gasteiger partial charge in [-0.1, -0.05) is 11.6 Å². The summed E-state index contributed by atoms with van der Waals surface area (Å²) in [7, 11) is 0. The molecule has 3 heterocycles. The number of ether oxygens (including phenoxy) is 1. The van der Waals surface area contributed by atoms with Crippen molar-refractivity contribution in [3.63, 3.8) is 0 Å². The zero-order valence-electron chi connectivity index (χ0n) is 16.5. The molecule has 166 valence electrons. The normalized spacial score (nSPS) is 11.8. The second-order valence-corrected chi connectivity index (χ2v) is 8.39. The highest BCUT2D eigenvalue weighted by Gasteiger charge is 2.28. The van der Waals surface area contributed by atoms with E-state index in [1.165, 1.54) is 6.20 Å². The maximum Gasteiger partial charge on any atom is 0.390 e. The van der Waals surface area contributed by atoms with Gasteiger partial charge in [0.2, 0.25) is 5.88 Å². The van der Waals surface area contributed by atoms with Crippen LogP contribution in [0.1, 0.15) is 12.0 Å². The van der Waals surface area contributed by atoms with Crippen LogP contribution in [0.25, 0.3) is 20.7 Å². The summed E-state index contributed by atoms with van der Waals surface area (Å²) in [6.45, 7) is 1.10. The van der Waals surface area contributed by atoms with Crippen LogP contribution in [0, 0.1) is 6.92 Å². The number of hydrogen-bond acceptors (Lipinski definition) is 5. The summed E-state index contributed by atoms with van der Waals surface area (Å²) >= 11 is 6.93. The Morgan fingerprint density at radius 2 is 1.88 bits per heavy atom. The molecule has 3 aromatic heterocycles. The van der Waals surface area contributed by atoms with Crippen LogP contribution in [-0.2, 0) is 6.54 Å². The molecule has 0 fully saturated rings. The van der Waals surface area contributed by atoms with Crippen molar-refractivity contribution in [1.82, 2.24) is 14.5 Å². The van der Waals surface area contributed by atoms with Crippen LogP contribution >= 0.6 is 22.9 Å². The zero-order valence-corrected chi connectivity index (χ0v) is 18.1. The molecule has 0 spiro atoms. The number of alkyl halides is 3. The maximum absolute atomic E-state index is 12.7. The van der Waals surface area contributed by atoms with E-state index in [9.17, 15) is 22.8 Å². The largest absolute Gasteiger partial charge is 0.439 e. The van der Waals surface area contributed by atoms with Crippen molar-refractivity contribution < 1.29 is 17.9 Å². The molecule has 0 bridgehead atoms. The minimum Gasteiger partial charge on any atom is -0.439 e. The standard InChI is InChI=1S/C21H15ClF3N3O3S/c1-11-16-18(29)27-20(30)28(9-8-21(23,24)25)19(16)32-17(11)12-2-7-15(26-10-12)31-14-5-3-13(22)4-6-14/h2-7,10H,8-9H2,1H3,(H,27,29,30). The first-order valence-corrected chi connectivity index (χ1v) is 10.5. The van der Waals surface area contributed by atoms with Crippen LogP contribution in [0.3, 0.4) is 0 Å². The Kier molecular flexibility index (Phi) is 5.83. The third kappa shape index (κ3) is 4.56. The molecule has 1 N–H and O–H groups in total. The lowest BCUT2D eigenvalue weighted by Gasteiger charge is -2.09. The molecule has 11 heteroatoms. The van der Waals surface area contributed by atoms with Gasteiger partial charge in [0, 0.05) is 34.3 Å². The molecule has 4 rings (SSSR count). The van der Waals surface area contributed by atoms with Gasteiger partial charge in [-0.15, -0.1) is 11.3 Å². The van der Waals surface area contributed by atoms with E-state index in [0.717, 1.165) is 15.9 Å². The fraction of sp³-hybridized carbons (Fsp3) is 0.190. The Morgan fingerprint density at radius 1 is 1.16 bits per heavy atom. The van der Waals surface area contributed by atoms with Crippen molar-refractivity contribution in [2.75, 3.05) is 0 Å². The molecule has 1 aromatic carbocycles. The fourth-order valence-corrected chi connectivity index (χ4v) is 4.64. The molecule has 0 aliphatic heterocycles. The molecule has 0 atom stereocenters. The highest BCUT2D eigenvalue weighted by Crippen LogP contribution is 2.37. The summed E-state index contributed by atoms with van der Waals surface area (Å²) in [4.78, 5) is 31.7. The van der Waals surface area contributed by atoms with E-state index >= 15 is 0 Å². The molecule has 0 radical (unpaired) electrons. The number of hydrogen-bond donors (Lipinski definition) is 1. The first-order valence-electron chi connectivity index (χ1n) is 9.35. The summed E-state index contributed by atoms with van der Waals surface area (Å²) in [5, 5.41) is 0.762. The highest BCUT2D eigenvalue weighted by atomic mass is 35.5. The van der Waals surface area contributed by atoms with E-state index in [1.807, 2.05) is 0 Å². The number of aromatic nitrogens is 3. The van der Waals surface area contributed by atoms with Gasteiger partial charge >= 0.3 is 11.9 Å². The minimum absolute atomic E-state index is 0.188. The number of aryl methyl sites for hydroxylation is 2. The van der Waals surface area contributed by atoms with Gasteiger partial charge in [0.25, 0.3) is 5.56 Å². The smallest absolute Gasteiger partial charge is 0.390 e. The number of nitrogens with zero attached hydrogens (tertiary/aromatic N) is 2. The molecule has 6 nitrogen and oxygen atoms in total. The summed E-state index contributed by atoms with van der Waals surface area (Å²) in [6.07, 6.45) is -4.07. The van der Waals surface area contributed by atoms with Crippen molar-refractivity contribution in [2.45, 2.75) is 26.1 Å². The summed E-state index contributed by atoms with van der Waals surface area (Å²) < 4.78 is 44.7. The zero-order chi connectivity index (χ0) is 23.0. The Labute approximate surface area is 187 Å². The quantitative estimate of drug-likeness (QED) is 0.407. The molecule has 0 aliphatic carbocycles. The van der Waals surface area contributed by atoms with Crippen LogP contribution < -0.4 is 16.0 Å². The van der Waals surface area contributed by atoms with Gasteiger partial charge in [0.1, 0.15) is 10.6 Å². The van der Waals surface area contributed by atoms with Gasteiger partial charge in [-0.25, -0.2) is 9.78 Å². The van der Waals surface area contributed by atoms with Crippen molar-refractivity contribution in [3.8, 4) is 22.1 Å². The Balaban J connectivity index is 1.70. The van der Waals surface area contributed by atoms with Gasteiger partial charge < -0.3 is 4.74 Å². The second kappa shape index (κ2) is 8.44. The average molecular weight is 482 g/mol.